The van der Waals surface area contributed by atoms with E-state index < -0.39 is 10.0 Å². The van der Waals surface area contributed by atoms with Gasteiger partial charge in [0.1, 0.15) is 5.78 Å². The molecule has 0 unspecified atom stereocenters. The third-order valence-corrected chi connectivity index (χ3v) is 4.80. The zero-order valence-electron chi connectivity index (χ0n) is 11.2. The molecule has 0 saturated carbocycles. The molecule has 0 spiro atoms. The van der Waals surface area contributed by atoms with Gasteiger partial charge in [-0.15, -0.1) is 0 Å². The average molecular weight is 292 g/mol. The fourth-order valence-corrected chi connectivity index (χ4v) is 3.03. The van der Waals surface area contributed by atoms with E-state index in [0.717, 1.165) is 11.1 Å². The first-order chi connectivity index (χ1) is 9.46. The minimum absolute atomic E-state index is 0.0135. The number of aryl methyl sites for hydroxylation is 1. The standard InChI is InChI=1S/C14H16N2O3S/c1-2-20(18,19)16-11-4-5-12-10(9-11)3-6-14(17)13(12)7-8-15/h4-5,9,13,16H,2-3,6-7H2,1H3/t13-/m1/s1. The number of fused-ring (bicyclic) bond motifs is 1. The van der Waals surface area contributed by atoms with Crippen molar-refractivity contribution >= 4 is 21.5 Å². The fraction of sp³-hybridized carbons (Fsp3) is 0.429. The van der Waals surface area contributed by atoms with Crippen molar-refractivity contribution in [2.75, 3.05) is 10.5 Å². The van der Waals surface area contributed by atoms with Gasteiger partial charge < -0.3 is 0 Å². The Labute approximate surface area is 118 Å². The topological polar surface area (TPSA) is 87.0 Å². The van der Waals surface area contributed by atoms with Crippen molar-refractivity contribution in [1.82, 2.24) is 0 Å². The van der Waals surface area contributed by atoms with E-state index in [1.807, 2.05) is 6.07 Å². The maximum Gasteiger partial charge on any atom is 0.232 e. The zero-order chi connectivity index (χ0) is 14.8. The Kier molecular flexibility index (Phi) is 4.09. The molecule has 1 N–H and O–H groups in total. The monoisotopic (exact) mass is 292 g/mol. The molecule has 0 bridgehead atoms. The fourth-order valence-electron chi connectivity index (χ4n) is 2.40. The van der Waals surface area contributed by atoms with Crippen LogP contribution in [-0.2, 0) is 21.2 Å². The summed E-state index contributed by atoms with van der Waals surface area (Å²) in [5, 5.41) is 8.81. The summed E-state index contributed by atoms with van der Waals surface area (Å²) in [6, 6.07) is 7.20. The molecule has 0 aliphatic heterocycles. The Morgan fingerprint density at radius 3 is 2.80 bits per heavy atom. The lowest BCUT2D eigenvalue weighted by Gasteiger charge is -2.23. The summed E-state index contributed by atoms with van der Waals surface area (Å²) in [7, 11) is -3.30. The summed E-state index contributed by atoms with van der Waals surface area (Å²) >= 11 is 0. The van der Waals surface area contributed by atoms with E-state index in [0.29, 0.717) is 18.5 Å². The first kappa shape index (κ1) is 14.5. The molecule has 6 heteroatoms. The lowest BCUT2D eigenvalue weighted by molar-refractivity contribution is -0.120. The van der Waals surface area contributed by atoms with E-state index in [9.17, 15) is 13.2 Å². The minimum atomic E-state index is -3.30. The van der Waals surface area contributed by atoms with Crippen molar-refractivity contribution in [3.05, 3.63) is 29.3 Å². The van der Waals surface area contributed by atoms with E-state index in [-0.39, 0.29) is 23.9 Å². The number of sulfonamides is 1. The second-order valence-corrected chi connectivity index (χ2v) is 6.81. The predicted octanol–water partition coefficient (Wildman–Crippen LogP) is 1.96. The second-order valence-electron chi connectivity index (χ2n) is 4.80. The Bertz CT molecular complexity index is 674. The van der Waals surface area contributed by atoms with Gasteiger partial charge in [-0.1, -0.05) is 6.07 Å². The van der Waals surface area contributed by atoms with E-state index in [1.54, 1.807) is 25.1 Å². The van der Waals surface area contributed by atoms with Gasteiger partial charge in [0.2, 0.25) is 10.0 Å². The number of carbonyl (C=O) groups excluding carboxylic acids is 1. The highest BCUT2D eigenvalue weighted by Crippen LogP contribution is 2.33. The van der Waals surface area contributed by atoms with Gasteiger partial charge in [0.05, 0.1) is 17.7 Å². The van der Waals surface area contributed by atoms with Crippen LogP contribution in [0.3, 0.4) is 0 Å². The molecule has 0 saturated heterocycles. The molecule has 5 nitrogen and oxygen atoms in total. The summed E-state index contributed by atoms with van der Waals surface area (Å²) in [6.45, 7) is 1.57. The number of hydrogen-bond acceptors (Lipinski definition) is 4. The van der Waals surface area contributed by atoms with Gasteiger partial charge in [0.25, 0.3) is 0 Å². The summed E-state index contributed by atoms with van der Waals surface area (Å²) in [6.07, 6.45) is 1.17. The molecule has 20 heavy (non-hydrogen) atoms. The average Bonchev–Trinajstić information content (AvgIpc) is 2.42. The minimum Gasteiger partial charge on any atom is -0.299 e. The van der Waals surface area contributed by atoms with E-state index in [2.05, 4.69) is 4.72 Å². The molecule has 0 heterocycles. The van der Waals surface area contributed by atoms with Gasteiger partial charge in [0.15, 0.2) is 0 Å². The normalized spacial score (nSPS) is 18.2. The number of rotatable bonds is 4. The third kappa shape index (κ3) is 2.99. The molecular weight excluding hydrogens is 276 g/mol. The summed E-state index contributed by atoms with van der Waals surface area (Å²) in [5.74, 6) is -0.277. The number of hydrogen-bond donors (Lipinski definition) is 1. The lowest BCUT2D eigenvalue weighted by atomic mass is 9.80. The molecule has 1 aromatic carbocycles. The maximum absolute atomic E-state index is 11.8. The number of anilines is 1. The number of ketones is 1. The first-order valence-electron chi connectivity index (χ1n) is 6.50. The van der Waals surface area contributed by atoms with Crippen LogP contribution >= 0.6 is 0 Å². The van der Waals surface area contributed by atoms with Crippen molar-refractivity contribution in [2.45, 2.75) is 32.1 Å². The Morgan fingerprint density at radius 1 is 1.40 bits per heavy atom. The molecule has 1 atom stereocenters. The van der Waals surface area contributed by atoms with Gasteiger partial charge >= 0.3 is 0 Å². The van der Waals surface area contributed by atoms with Crippen LogP contribution in [0.25, 0.3) is 0 Å². The molecule has 0 amide bonds. The first-order valence-corrected chi connectivity index (χ1v) is 8.15. The second kappa shape index (κ2) is 5.63. The maximum atomic E-state index is 11.8. The molecule has 0 fully saturated rings. The number of benzene rings is 1. The Morgan fingerprint density at radius 2 is 2.15 bits per heavy atom. The summed E-state index contributed by atoms with van der Waals surface area (Å²) in [4.78, 5) is 11.8. The van der Waals surface area contributed by atoms with Crippen molar-refractivity contribution < 1.29 is 13.2 Å². The zero-order valence-corrected chi connectivity index (χ0v) is 12.0. The van der Waals surface area contributed by atoms with E-state index in [1.165, 1.54) is 0 Å². The van der Waals surface area contributed by atoms with Crippen LogP contribution in [0.15, 0.2) is 18.2 Å². The van der Waals surface area contributed by atoms with Gasteiger partial charge in [-0.05, 0) is 36.6 Å². The quantitative estimate of drug-likeness (QED) is 0.919. The van der Waals surface area contributed by atoms with Crippen LogP contribution in [-0.4, -0.2) is 20.0 Å². The van der Waals surface area contributed by atoms with Crippen molar-refractivity contribution in [2.24, 2.45) is 0 Å². The van der Waals surface area contributed by atoms with Crippen LogP contribution in [0.4, 0.5) is 5.69 Å². The highest BCUT2D eigenvalue weighted by Gasteiger charge is 2.27. The molecule has 1 aliphatic carbocycles. The number of nitrogens with zero attached hydrogens (tertiary/aromatic N) is 1. The van der Waals surface area contributed by atoms with E-state index in [4.69, 9.17) is 5.26 Å². The van der Waals surface area contributed by atoms with Crippen LogP contribution < -0.4 is 4.72 Å². The van der Waals surface area contributed by atoms with Crippen LogP contribution in [0, 0.1) is 11.3 Å². The Hall–Kier alpha value is -1.87. The van der Waals surface area contributed by atoms with Gasteiger partial charge in [-0.3, -0.25) is 9.52 Å². The molecular formula is C14H16N2O3S. The predicted molar refractivity (Wildman–Crippen MR) is 75.8 cm³/mol. The molecule has 2 rings (SSSR count). The molecule has 1 aliphatic rings. The molecule has 0 aromatic heterocycles. The highest BCUT2D eigenvalue weighted by molar-refractivity contribution is 7.92. The van der Waals surface area contributed by atoms with Crippen molar-refractivity contribution in [1.29, 1.82) is 5.26 Å². The van der Waals surface area contributed by atoms with Crippen LogP contribution in [0.1, 0.15) is 36.8 Å². The highest BCUT2D eigenvalue weighted by atomic mass is 32.2. The number of Topliss-reactive ketones (excluding diaryl/α,β-unsaturated/α-hetero) is 1. The third-order valence-electron chi connectivity index (χ3n) is 3.50. The van der Waals surface area contributed by atoms with Gasteiger partial charge in [-0.25, -0.2) is 8.42 Å². The molecule has 106 valence electrons. The number of carbonyl (C=O) groups is 1. The van der Waals surface area contributed by atoms with Crippen molar-refractivity contribution in [3.8, 4) is 6.07 Å². The van der Waals surface area contributed by atoms with Crippen LogP contribution in [0.5, 0.6) is 0 Å². The lowest BCUT2D eigenvalue weighted by Crippen LogP contribution is -2.21. The SMILES string of the molecule is CCS(=O)(=O)Nc1ccc2c(c1)CCC(=O)[C@@H]2CC#N. The van der Waals surface area contributed by atoms with Gasteiger partial charge in [0, 0.05) is 18.5 Å². The van der Waals surface area contributed by atoms with Crippen LogP contribution in [0.2, 0.25) is 0 Å². The largest absolute Gasteiger partial charge is 0.299 e. The van der Waals surface area contributed by atoms with E-state index >= 15 is 0 Å². The summed E-state index contributed by atoms with van der Waals surface area (Å²) in [5.41, 5.74) is 2.30. The van der Waals surface area contributed by atoms with Gasteiger partial charge in [-0.2, -0.15) is 5.26 Å². The van der Waals surface area contributed by atoms with Crippen molar-refractivity contribution in [3.63, 3.8) is 0 Å². The number of nitrogens with one attached hydrogen (secondary N) is 1. The molecule has 0 radical (unpaired) electrons. The Balaban J connectivity index is 2.33. The molecule has 1 aromatic rings. The smallest absolute Gasteiger partial charge is 0.232 e. The number of nitriles is 1. The summed E-state index contributed by atoms with van der Waals surface area (Å²) < 4.78 is 25.6.